The lowest BCUT2D eigenvalue weighted by molar-refractivity contribution is 0.102. The summed E-state index contributed by atoms with van der Waals surface area (Å²) >= 11 is 5.82. The van der Waals surface area contributed by atoms with E-state index in [1.165, 1.54) is 12.1 Å². The number of para-hydroxylation sites is 1. The van der Waals surface area contributed by atoms with Crippen LogP contribution in [0.2, 0.25) is 5.02 Å². The molecule has 1 heterocycles. The van der Waals surface area contributed by atoms with Gasteiger partial charge in [0.1, 0.15) is 0 Å². The van der Waals surface area contributed by atoms with E-state index in [2.05, 4.69) is 20.2 Å². The molecule has 146 valence electrons. The lowest BCUT2D eigenvalue weighted by Crippen LogP contribution is -2.15. The predicted octanol–water partition coefficient (Wildman–Crippen LogP) is 4.27. The highest BCUT2D eigenvalue weighted by Crippen LogP contribution is 2.22. The number of aromatic amines is 1. The van der Waals surface area contributed by atoms with Gasteiger partial charge in [0.15, 0.2) is 5.69 Å². The van der Waals surface area contributed by atoms with Crippen LogP contribution in [0.4, 0.5) is 11.4 Å². The number of hydrogen-bond acceptors (Lipinski definition) is 4. The molecule has 0 aliphatic rings. The first-order chi connectivity index (χ1) is 13.9. The molecular formula is C20H15ClN4O3S. The molecule has 4 aromatic rings. The molecule has 7 nitrogen and oxygen atoms in total. The average molecular weight is 427 g/mol. The van der Waals surface area contributed by atoms with Crippen LogP contribution in [-0.4, -0.2) is 24.5 Å². The van der Waals surface area contributed by atoms with Crippen molar-refractivity contribution in [2.24, 2.45) is 0 Å². The van der Waals surface area contributed by atoms with Crippen LogP contribution in [-0.2, 0) is 10.0 Å². The van der Waals surface area contributed by atoms with E-state index in [0.29, 0.717) is 21.8 Å². The van der Waals surface area contributed by atoms with Crippen molar-refractivity contribution in [1.82, 2.24) is 10.2 Å². The number of benzene rings is 3. The third-order valence-electron chi connectivity index (χ3n) is 4.18. The second kappa shape index (κ2) is 7.57. The van der Waals surface area contributed by atoms with E-state index in [0.717, 1.165) is 5.52 Å². The number of fused-ring (bicyclic) bond motifs is 1. The number of carbonyl (C=O) groups excluding carboxylic acids is 1. The normalized spacial score (nSPS) is 11.3. The van der Waals surface area contributed by atoms with Crippen molar-refractivity contribution in [3.63, 3.8) is 0 Å². The summed E-state index contributed by atoms with van der Waals surface area (Å²) in [5, 5.41) is 10.7. The SMILES string of the molecule is O=C(Nc1cccc(S(=O)(=O)Nc2ccc(Cl)cc2)c1)c1n[nH]c2ccccc12. The Bertz CT molecular complexity index is 1300. The number of nitrogens with one attached hydrogen (secondary N) is 3. The summed E-state index contributed by atoms with van der Waals surface area (Å²) in [6.07, 6.45) is 0. The Morgan fingerprint density at radius 2 is 1.69 bits per heavy atom. The van der Waals surface area contributed by atoms with Crippen molar-refractivity contribution in [1.29, 1.82) is 0 Å². The van der Waals surface area contributed by atoms with Crippen LogP contribution in [0.5, 0.6) is 0 Å². The van der Waals surface area contributed by atoms with Crippen LogP contribution in [0, 0.1) is 0 Å². The summed E-state index contributed by atoms with van der Waals surface area (Å²) in [5.41, 5.74) is 1.68. The van der Waals surface area contributed by atoms with E-state index in [1.807, 2.05) is 18.2 Å². The molecule has 0 bridgehead atoms. The third-order valence-corrected chi connectivity index (χ3v) is 5.82. The van der Waals surface area contributed by atoms with Crippen molar-refractivity contribution in [2.75, 3.05) is 10.0 Å². The molecule has 3 aromatic carbocycles. The molecule has 4 rings (SSSR count). The Balaban J connectivity index is 1.56. The number of aromatic nitrogens is 2. The molecule has 0 spiro atoms. The number of carbonyl (C=O) groups is 1. The number of rotatable bonds is 5. The van der Waals surface area contributed by atoms with Crippen molar-refractivity contribution >= 4 is 49.8 Å². The van der Waals surface area contributed by atoms with E-state index in [4.69, 9.17) is 11.6 Å². The predicted molar refractivity (Wildman–Crippen MR) is 113 cm³/mol. The minimum atomic E-state index is -3.84. The Kier molecular flexibility index (Phi) is 4.96. The van der Waals surface area contributed by atoms with Gasteiger partial charge in [-0.25, -0.2) is 8.42 Å². The number of amides is 1. The van der Waals surface area contributed by atoms with E-state index < -0.39 is 15.9 Å². The highest BCUT2D eigenvalue weighted by molar-refractivity contribution is 7.92. The quantitative estimate of drug-likeness (QED) is 0.443. The Hall–Kier alpha value is -3.36. The third kappa shape index (κ3) is 4.08. The van der Waals surface area contributed by atoms with Gasteiger partial charge in [0.05, 0.1) is 10.4 Å². The molecule has 1 amide bonds. The number of halogens is 1. The van der Waals surface area contributed by atoms with Crippen LogP contribution < -0.4 is 10.0 Å². The van der Waals surface area contributed by atoms with Crippen LogP contribution >= 0.6 is 11.6 Å². The standard InChI is InChI=1S/C20H15ClN4O3S/c21-13-8-10-14(11-9-13)25-29(27,28)16-5-3-4-15(12-16)22-20(26)19-17-6-1-2-7-18(17)23-24-19/h1-12,25H,(H,22,26)(H,23,24). The van der Waals surface area contributed by atoms with Gasteiger partial charge in [-0.15, -0.1) is 0 Å². The smallest absolute Gasteiger partial charge is 0.276 e. The second-order valence-electron chi connectivity index (χ2n) is 6.21. The first-order valence-electron chi connectivity index (χ1n) is 8.55. The molecule has 0 atom stereocenters. The highest BCUT2D eigenvalue weighted by atomic mass is 35.5. The van der Waals surface area contributed by atoms with Crippen LogP contribution in [0.1, 0.15) is 10.5 Å². The molecule has 0 radical (unpaired) electrons. The van der Waals surface area contributed by atoms with Gasteiger partial charge in [-0.3, -0.25) is 14.6 Å². The van der Waals surface area contributed by atoms with Gasteiger partial charge in [0, 0.05) is 21.8 Å². The summed E-state index contributed by atoms with van der Waals surface area (Å²) in [6.45, 7) is 0. The maximum atomic E-state index is 12.7. The van der Waals surface area contributed by atoms with Crippen molar-refractivity contribution < 1.29 is 13.2 Å². The minimum absolute atomic E-state index is 0.0112. The van der Waals surface area contributed by atoms with Gasteiger partial charge in [0.25, 0.3) is 15.9 Å². The molecule has 0 aliphatic heterocycles. The molecule has 0 saturated heterocycles. The summed E-state index contributed by atoms with van der Waals surface area (Å²) in [6, 6.07) is 19.5. The number of nitrogens with zero attached hydrogens (tertiary/aromatic N) is 1. The maximum absolute atomic E-state index is 12.7. The zero-order valence-electron chi connectivity index (χ0n) is 14.9. The Labute approximate surface area is 171 Å². The monoisotopic (exact) mass is 426 g/mol. The average Bonchev–Trinajstić information content (AvgIpc) is 3.14. The first-order valence-corrected chi connectivity index (χ1v) is 10.4. The van der Waals surface area contributed by atoms with Crippen molar-refractivity contribution in [2.45, 2.75) is 4.90 Å². The maximum Gasteiger partial charge on any atom is 0.276 e. The number of hydrogen-bond donors (Lipinski definition) is 3. The van der Waals surface area contributed by atoms with Crippen LogP contribution in [0.25, 0.3) is 10.9 Å². The van der Waals surface area contributed by atoms with Gasteiger partial charge in [-0.05, 0) is 48.5 Å². The molecule has 0 unspecified atom stereocenters. The lowest BCUT2D eigenvalue weighted by Gasteiger charge is -2.10. The first kappa shape index (κ1) is 19.0. The largest absolute Gasteiger partial charge is 0.321 e. The zero-order valence-corrected chi connectivity index (χ0v) is 16.5. The van der Waals surface area contributed by atoms with Gasteiger partial charge in [-0.2, -0.15) is 5.10 Å². The highest BCUT2D eigenvalue weighted by Gasteiger charge is 2.17. The van der Waals surface area contributed by atoms with Crippen LogP contribution in [0.3, 0.4) is 0 Å². The van der Waals surface area contributed by atoms with Gasteiger partial charge in [-0.1, -0.05) is 35.9 Å². The lowest BCUT2D eigenvalue weighted by atomic mass is 10.2. The van der Waals surface area contributed by atoms with Gasteiger partial charge < -0.3 is 5.32 Å². The molecular weight excluding hydrogens is 412 g/mol. The summed E-state index contributed by atoms with van der Waals surface area (Å²) in [7, 11) is -3.84. The Morgan fingerprint density at radius 1 is 0.931 bits per heavy atom. The van der Waals surface area contributed by atoms with Gasteiger partial charge >= 0.3 is 0 Å². The van der Waals surface area contributed by atoms with E-state index in [-0.39, 0.29) is 10.6 Å². The molecule has 0 fully saturated rings. The van der Waals surface area contributed by atoms with Crippen molar-refractivity contribution in [3.8, 4) is 0 Å². The summed E-state index contributed by atoms with van der Waals surface area (Å²) in [5.74, 6) is -0.442. The fourth-order valence-corrected chi connectivity index (χ4v) is 4.03. The van der Waals surface area contributed by atoms with E-state index >= 15 is 0 Å². The van der Waals surface area contributed by atoms with E-state index in [1.54, 1.807) is 42.5 Å². The van der Waals surface area contributed by atoms with Crippen LogP contribution in [0.15, 0.2) is 77.7 Å². The summed E-state index contributed by atoms with van der Waals surface area (Å²) in [4.78, 5) is 12.6. The molecule has 3 N–H and O–H groups in total. The van der Waals surface area contributed by atoms with E-state index in [9.17, 15) is 13.2 Å². The molecule has 0 aliphatic carbocycles. The molecule has 1 aromatic heterocycles. The van der Waals surface area contributed by atoms with Gasteiger partial charge in [0.2, 0.25) is 0 Å². The van der Waals surface area contributed by atoms with Crippen molar-refractivity contribution in [3.05, 3.63) is 83.5 Å². The Morgan fingerprint density at radius 3 is 2.48 bits per heavy atom. The number of H-pyrrole nitrogens is 1. The summed E-state index contributed by atoms with van der Waals surface area (Å²) < 4.78 is 27.8. The number of sulfonamides is 1. The minimum Gasteiger partial charge on any atom is -0.321 e. The molecule has 9 heteroatoms. The second-order valence-corrected chi connectivity index (χ2v) is 8.33. The fraction of sp³-hybridized carbons (Fsp3) is 0. The molecule has 0 saturated carbocycles. The zero-order chi connectivity index (χ0) is 20.4. The number of anilines is 2. The fourth-order valence-electron chi connectivity index (χ4n) is 2.80. The molecule has 29 heavy (non-hydrogen) atoms. The topological polar surface area (TPSA) is 104 Å².